The van der Waals surface area contributed by atoms with Crippen molar-refractivity contribution in [2.45, 2.75) is 63.7 Å². The van der Waals surface area contributed by atoms with Gasteiger partial charge >= 0.3 is 0 Å². The van der Waals surface area contributed by atoms with Crippen LogP contribution in [-0.2, 0) is 17.9 Å². The zero-order valence-corrected chi connectivity index (χ0v) is 18.4. The van der Waals surface area contributed by atoms with Gasteiger partial charge in [-0.3, -0.25) is 9.59 Å². The van der Waals surface area contributed by atoms with Crippen molar-refractivity contribution in [2.24, 2.45) is 0 Å². The number of carbonyl (C=O) groups excluding carboxylic acids is 2. The average Bonchev–Trinajstić information content (AvgIpc) is 3.48. The highest BCUT2D eigenvalue weighted by Crippen LogP contribution is 2.34. The topological polar surface area (TPSA) is 67.5 Å². The molecule has 3 heterocycles. The van der Waals surface area contributed by atoms with E-state index in [1.54, 1.807) is 17.2 Å². The van der Waals surface area contributed by atoms with Gasteiger partial charge in [0, 0.05) is 11.7 Å². The molecule has 0 saturated heterocycles. The molecule has 166 valence electrons. The summed E-state index contributed by atoms with van der Waals surface area (Å²) < 4.78 is 7.53. The van der Waals surface area contributed by atoms with Crippen LogP contribution in [0, 0.1) is 0 Å². The highest BCUT2D eigenvalue weighted by Gasteiger charge is 2.48. The lowest BCUT2D eigenvalue weighted by Gasteiger charge is -2.44. The zero-order valence-electron chi connectivity index (χ0n) is 18.4. The third kappa shape index (κ3) is 3.64. The van der Waals surface area contributed by atoms with Gasteiger partial charge in [0.25, 0.3) is 5.91 Å². The number of nitrogens with zero attached hydrogens (tertiary/aromatic N) is 2. The molecule has 0 bridgehead atoms. The fraction of sp³-hybridized carbons (Fsp3) is 0.385. The molecule has 2 aromatic heterocycles. The van der Waals surface area contributed by atoms with Crippen molar-refractivity contribution in [1.29, 1.82) is 0 Å². The zero-order chi connectivity index (χ0) is 22.1. The monoisotopic (exact) mass is 431 g/mol. The summed E-state index contributed by atoms with van der Waals surface area (Å²) in [7, 11) is 0. The second-order valence-electron chi connectivity index (χ2n) is 9.11. The summed E-state index contributed by atoms with van der Waals surface area (Å²) in [5.41, 5.74) is 1.54. The molecule has 6 nitrogen and oxygen atoms in total. The highest BCUT2D eigenvalue weighted by molar-refractivity contribution is 6.00. The molecule has 0 radical (unpaired) electrons. The van der Waals surface area contributed by atoms with E-state index < -0.39 is 5.54 Å². The standard InChI is InChI=1S/C26H29N3O3/c1-26(25(31)27-20-11-6-3-7-12-20)18-28-22(19-9-4-2-5-10-19)14-15-23(28)24(30)29(26)17-21-13-8-16-32-21/h2,4-5,8-10,13-16,20H,3,6-7,11-12,17-18H2,1H3,(H,27,31). The summed E-state index contributed by atoms with van der Waals surface area (Å²) in [4.78, 5) is 29.1. The number of fused-ring (bicyclic) bond motifs is 1. The van der Waals surface area contributed by atoms with Crippen LogP contribution >= 0.6 is 0 Å². The lowest BCUT2D eigenvalue weighted by molar-refractivity contribution is -0.134. The summed E-state index contributed by atoms with van der Waals surface area (Å²) in [6.45, 7) is 2.53. The predicted molar refractivity (Wildman–Crippen MR) is 122 cm³/mol. The van der Waals surface area contributed by atoms with Crippen molar-refractivity contribution in [3.8, 4) is 11.3 Å². The normalized spacial score (nSPS) is 21.4. The van der Waals surface area contributed by atoms with Crippen molar-refractivity contribution in [1.82, 2.24) is 14.8 Å². The Labute approximate surface area is 188 Å². The maximum atomic E-state index is 13.7. The first kappa shape index (κ1) is 20.6. The lowest BCUT2D eigenvalue weighted by atomic mass is 9.91. The number of hydrogen-bond donors (Lipinski definition) is 1. The number of carbonyl (C=O) groups is 2. The summed E-state index contributed by atoms with van der Waals surface area (Å²) in [6.07, 6.45) is 7.09. The first-order chi connectivity index (χ1) is 15.6. The molecule has 6 heteroatoms. The number of amides is 2. The van der Waals surface area contributed by atoms with Crippen LogP contribution in [0.15, 0.2) is 65.3 Å². The van der Waals surface area contributed by atoms with Crippen molar-refractivity contribution in [2.75, 3.05) is 0 Å². The van der Waals surface area contributed by atoms with E-state index in [-0.39, 0.29) is 24.4 Å². The molecule has 1 saturated carbocycles. The van der Waals surface area contributed by atoms with Crippen molar-refractivity contribution in [3.63, 3.8) is 0 Å². The van der Waals surface area contributed by atoms with Crippen molar-refractivity contribution in [3.05, 3.63) is 72.3 Å². The van der Waals surface area contributed by atoms with E-state index in [1.165, 1.54) is 6.42 Å². The van der Waals surface area contributed by atoms with Crippen LogP contribution in [0.5, 0.6) is 0 Å². The highest BCUT2D eigenvalue weighted by atomic mass is 16.3. The van der Waals surface area contributed by atoms with Crippen LogP contribution in [0.3, 0.4) is 0 Å². The molecule has 1 unspecified atom stereocenters. The molecule has 2 amide bonds. The molecule has 5 rings (SSSR count). The molecule has 1 aliphatic heterocycles. The lowest BCUT2D eigenvalue weighted by Crippen LogP contribution is -2.64. The summed E-state index contributed by atoms with van der Waals surface area (Å²) in [6, 6.07) is 17.7. The van der Waals surface area contributed by atoms with E-state index in [4.69, 9.17) is 4.42 Å². The van der Waals surface area contributed by atoms with Crippen LogP contribution in [0.25, 0.3) is 11.3 Å². The van der Waals surface area contributed by atoms with Gasteiger partial charge in [0.2, 0.25) is 5.91 Å². The number of benzene rings is 1. The van der Waals surface area contributed by atoms with Gasteiger partial charge in [-0.25, -0.2) is 0 Å². The minimum Gasteiger partial charge on any atom is -0.467 e. The van der Waals surface area contributed by atoms with Gasteiger partial charge in [-0.2, -0.15) is 0 Å². The van der Waals surface area contributed by atoms with Crippen molar-refractivity contribution >= 4 is 11.8 Å². The fourth-order valence-corrected chi connectivity index (χ4v) is 5.03. The molecule has 0 spiro atoms. The molecule has 1 aliphatic carbocycles. The number of furan rings is 1. The van der Waals surface area contributed by atoms with Gasteiger partial charge < -0.3 is 19.2 Å². The van der Waals surface area contributed by atoms with Crippen LogP contribution in [0.1, 0.15) is 55.3 Å². The van der Waals surface area contributed by atoms with E-state index in [2.05, 4.69) is 5.32 Å². The van der Waals surface area contributed by atoms with Crippen molar-refractivity contribution < 1.29 is 14.0 Å². The Balaban J connectivity index is 1.53. The Bertz CT molecular complexity index is 1100. The Kier molecular flexibility index (Phi) is 5.37. The van der Waals surface area contributed by atoms with Crippen LogP contribution in [0.4, 0.5) is 0 Å². The first-order valence-electron chi connectivity index (χ1n) is 11.5. The Hall–Kier alpha value is -3.28. The largest absolute Gasteiger partial charge is 0.467 e. The van der Waals surface area contributed by atoms with Gasteiger partial charge in [-0.1, -0.05) is 49.6 Å². The minimum absolute atomic E-state index is 0.0948. The van der Waals surface area contributed by atoms with E-state index in [0.29, 0.717) is 18.0 Å². The van der Waals surface area contributed by atoms with Gasteiger partial charge in [0.1, 0.15) is 17.0 Å². The first-order valence-corrected chi connectivity index (χ1v) is 11.5. The second-order valence-corrected chi connectivity index (χ2v) is 9.11. The molecule has 1 fully saturated rings. The van der Waals surface area contributed by atoms with Gasteiger partial charge in [-0.05, 0) is 49.6 Å². The second kappa shape index (κ2) is 8.34. The van der Waals surface area contributed by atoms with Gasteiger partial charge in [0.15, 0.2) is 0 Å². The Morgan fingerprint density at radius 1 is 1.03 bits per heavy atom. The summed E-state index contributed by atoms with van der Waals surface area (Å²) >= 11 is 0. The Morgan fingerprint density at radius 3 is 2.50 bits per heavy atom. The SMILES string of the molecule is CC1(C(=O)NC2CCCCC2)Cn2c(ccc2-c2ccccc2)C(=O)N1Cc1ccco1. The number of nitrogens with one attached hydrogen (secondary N) is 1. The quantitative estimate of drug-likeness (QED) is 0.641. The van der Waals surface area contributed by atoms with Crippen LogP contribution < -0.4 is 5.32 Å². The van der Waals surface area contributed by atoms with Gasteiger partial charge in [-0.15, -0.1) is 0 Å². The predicted octanol–water partition coefficient (Wildman–Crippen LogP) is 4.61. The smallest absolute Gasteiger partial charge is 0.271 e. The van der Waals surface area contributed by atoms with Crippen LogP contribution in [-0.4, -0.2) is 32.9 Å². The molecular weight excluding hydrogens is 402 g/mol. The van der Waals surface area contributed by atoms with E-state index >= 15 is 0 Å². The molecular formula is C26H29N3O3. The molecule has 1 aromatic carbocycles. The summed E-state index contributed by atoms with van der Waals surface area (Å²) in [5, 5.41) is 3.26. The van der Waals surface area contributed by atoms with E-state index in [9.17, 15) is 9.59 Å². The van der Waals surface area contributed by atoms with Crippen LogP contribution in [0.2, 0.25) is 0 Å². The number of hydrogen-bond acceptors (Lipinski definition) is 3. The fourth-order valence-electron chi connectivity index (χ4n) is 5.03. The maximum absolute atomic E-state index is 13.7. The Morgan fingerprint density at radius 2 is 1.78 bits per heavy atom. The average molecular weight is 432 g/mol. The third-order valence-corrected chi connectivity index (χ3v) is 6.90. The molecule has 1 N–H and O–H groups in total. The van der Waals surface area contributed by atoms with E-state index in [0.717, 1.165) is 36.9 Å². The molecule has 3 aromatic rings. The minimum atomic E-state index is -1.03. The van der Waals surface area contributed by atoms with E-state index in [1.807, 2.05) is 60.0 Å². The molecule has 1 atom stereocenters. The number of rotatable bonds is 5. The van der Waals surface area contributed by atoms with Gasteiger partial charge in [0.05, 0.1) is 19.4 Å². The molecule has 2 aliphatic rings. The summed E-state index contributed by atoms with van der Waals surface area (Å²) in [5.74, 6) is 0.414. The number of aromatic nitrogens is 1. The third-order valence-electron chi connectivity index (χ3n) is 6.90. The molecule has 32 heavy (non-hydrogen) atoms. The maximum Gasteiger partial charge on any atom is 0.271 e.